The van der Waals surface area contributed by atoms with E-state index in [1.807, 2.05) is 0 Å². The Morgan fingerprint density at radius 1 is 1.24 bits per heavy atom. The fourth-order valence-corrected chi connectivity index (χ4v) is 1.50. The van der Waals surface area contributed by atoms with E-state index in [-0.39, 0.29) is 25.4 Å². The molecule has 0 heterocycles. The predicted octanol–water partition coefficient (Wildman–Crippen LogP) is 1.38. The van der Waals surface area contributed by atoms with Gasteiger partial charge in [0.25, 0.3) is 6.43 Å². The summed E-state index contributed by atoms with van der Waals surface area (Å²) in [4.78, 5) is 1.07. The standard InChI is InChI=1S/C11H14F3NO2/c12-9-5-8(7-17)1-2-10(9)15(3-4-16)6-11(13)14/h1-2,5,11,16-17H,3-4,6-7H2. The summed E-state index contributed by atoms with van der Waals surface area (Å²) >= 11 is 0. The second-order valence-electron chi connectivity index (χ2n) is 3.50. The van der Waals surface area contributed by atoms with Crippen LogP contribution < -0.4 is 4.90 Å². The first-order valence-corrected chi connectivity index (χ1v) is 5.11. The first-order valence-electron chi connectivity index (χ1n) is 5.11. The van der Waals surface area contributed by atoms with Crippen molar-refractivity contribution in [3.05, 3.63) is 29.6 Å². The number of hydrogen-bond donors (Lipinski definition) is 2. The highest BCUT2D eigenvalue weighted by Crippen LogP contribution is 2.21. The summed E-state index contributed by atoms with van der Waals surface area (Å²) in [6, 6.07) is 3.86. The van der Waals surface area contributed by atoms with Crippen molar-refractivity contribution in [2.75, 3.05) is 24.6 Å². The van der Waals surface area contributed by atoms with Crippen LogP contribution in [0.4, 0.5) is 18.9 Å². The molecule has 96 valence electrons. The van der Waals surface area contributed by atoms with Gasteiger partial charge in [-0.3, -0.25) is 0 Å². The molecule has 0 unspecified atom stereocenters. The third-order valence-electron chi connectivity index (χ3n) is 2.26. The minimum Gasteiger partial charge on any atom is -0.395 e. The normalized spacial score (nSPS) is 10.9. The van der Waals surface area contributed by atoms with Crippen molar-refractivity contribution in [1.82, 2.24) is 0 Å². The number of anilines is 1. The maximum absolute atomic E-state index is 13.6. The van der Waals surface area contributed by atoms with Gasteiger partial charge in [0.15, 0.2) is 0 Å². The third kappa shape index (κ3) is 3.90. The van der Waals surface area contributed by atoms with Crippen LogP contribution in [0, 0.1) is 5.82 Å². The Hall–Kier alpha value is -1.27. The zero-order chi connectivity index (χ0) is 12.8. The molecule has 0 aliphatic heterocycles. The van der Waals surface area contributed by atoms with Crippen LogP contribution in [0.2, 0.25) is 0 Å². The lowest BCUT2D eigenvalue weighted by Gasteiger charge is -2.24. The molecule has 0 saturated heterocycles. The summed E-state index contributed by atoms with van der Waals surface area (Å²) in [5, 5.41) is 17.6. The van der Waals surface area contributed by atoms with Crippen molar-refractivity contribution in [2.24, 2.45) is 0 Å². The lowest BCUT2D eigenvalue weighted by Crippen LogP contribution is -2.32. The molecule has 1 aromatic carbocycles. The average molecular weight is 249 g/mol. The number of alkyl halides is 2. The molecule has 0 aromatic heterocycles. The number of rotatable bonds is 6. The highest BCUT2D eigenvalue weighted by molar-refractivity contribution is 5.49. The minimum atomic E-state index is -2.61. The summed E-state index contributed by atoms with van der Waals surface area (Å²) in [6.07, 6.45) is -2.61. The molecule has 0 amide bonds. The zero-order valence-corrected chi connectivity index (χ0v) is 9.11. The van der Waals surface area contributed by atoms with E-state index in [4.69, 9.17) is 10.2 Å². The number of benzene rings is 1. The van der Waals surface area contributed by atoms with Gasteiger partial charge in [-0.15, -0.1) is 0 Å². The van der Waals surface area contributed by atoms with Crippen LogP contribution in [0.1, 0.15) is 5.56 Å². The Bertz CT molecular complexity index is 361. The molecule has 6 heteroatoms. The topological polar surface area (TPSA) is 43.7 Å². The summed E-state index contributed by atoms with van der Waals surface area (Å²) in [5.74, 6) is -0.689. The summed E-state index contributed by atoms with van der Waals surface area (Å²) < 4.78 is 38.2. The lowest BCUT2D eigenvalue weighted by atomic mass is 10.2. The Labute approximate surface area is 97.1 Å². The Morgan fingerprint density at radius 2 is 1.94 bits per heavy atom. The van der Waals surface area contributed by atoms with Crippen LogP contribution >= 0.6 is 0 Å². The molecule has 0 bridgehead atoms. The number of nitrogens with zero attached hydrogens (tertiary/aromatic N) is 1. The van der Waals surface area contributed by atoms with Crippen molar-refractivity contribution in [3.63, 3.8) is 0 Å². The van der Waals surface area contributed by atoms with Gasteiger partial charge in [-0.05, 0) is 17.7 Å². The van der Waals surface area contributed by atoms with Gasteiger partial charge < -0.3 is 15.1 Å². The zero-order valence-electron chi connectivity index (χ0n) is 9.11. The Balaban J connectivity index is 2.93. The van der Waals surface area contributed by atoms with Crippen molar-refractivity contribution in [2.45, 2.75) is 13.0 Å². The molecule has 0 saturated carbocycles. The Kier molecular flexibility index (Phi) is 5.24. The monoisotopic (exact) mass is 249 g/mol. The third-order valence-corrected chi connectivity index (χ3v) is 2.26. The van der Waals surface area contributed by atoms with E-state index in [1.54, 1.807) is 0 Å². The predicted molar refractivity (Wildman–Crippen MR) is 57.6 cm³/mol. The van der Waals surface area contributed by atoms with E-state index >= 15 is 0 Å². The second kappa shape index (κ2) is 6.46. The summed E-state index contributed by atoms with van der Waals surface area (Å²) in [7, 11) is 0. The van der Waals surface area contributed by atoms with Crippen molar-refractivity contribution < 1.29 is 23.4 Å². The maximum atomic E-state index is 13.6. The average Bonchev–Trinajstić information content (AvgIpc) is 2.27. The highest BCUT2D eigenvalue weighted by Gasteiger charge is 2.16. The molecule has 3 nitrogen and oxygen atoms in total. The van der Waals surface area contributed by atoms with Crippen molar-refractivity contribution in [3.8, 4) is 0 Å². The van der Waals surface area contributed by atoms with E-state index in [9.17, 15) is 13.2 Å². The van der Waals surface area contributed by atoms with Gasteiger partial charge in [0.05, 0.1) is 25.4 Å². The molecular weight excluding hydrogens is 235 g/mol. The fourth-order valence-electron chi connectivity index (χ4n) is 1.50. The molecule has 0 radical (unpaired) electrons. The van der Waals surface area contributed by atoms with Gasteiger partial charge in [0.2, 0.25) is 0 Å². The number of aliphatic hydroxyl groups is 2. The molecule has 0 fully saturated rings. The largest absolute Gasteiger partial charge is 0.395 e. The van der Waals surface area contributed by atoms with E-state index in [1.165, 1.54) is 12.1 Å². The smallest absolute Gasteiger partial charge is 0.255 e. The number of halogens is 3. The van der Waals surface area contributed by atoms with Gasteiger partial charge in [-0.1, -0.05) is 6.07 Å². The molecule has 0 aliphatic rings. The molecule has 17 heavy (non-hydrogen) atoms. The van der Waals surface area contributed by atoms with Crippen LogP contribution in [-0.4, -0.2) is 36.3 Å². The molecule has 1 aromatic rings. The molecule has 0 spiro atoms. The van der Waals surface area contributed by atoms with Crippen LogP contribution in [-0.2, 0) is 6.61 Å². The van der Waals surface area contributed by atoms with Crippen LogP contribution in [0.3, 0.4) is 0 Å². The van der Waals surface area contributed by atoms with E-state index in [0.29, 0.717) is 5.56 Å². The van der Waals surface area contributed by atoms with Gasteiger partial charge in [0, 0.05) is 6.54 Å². The summed E-state index contributed by atoms with van der Waals surface area (Å²) in [6.45, 7) is -1.37. The van der Waals surface area contributed by atoms with Gasteiger partial charge in [-0.25, -0.2) is 13.2 Å². The molecule has 0 aliphatic carbocycles. The van der Waals surface area contributed by atoms with Crippen LogP contribution in [0.25, 0.3) is 0 Å². The van der Waals surface area contributed by atoms with Crippen LogP contribution in [0.15, 0.2) is 18.2 Å². The van der Waals surface area contributed by atoms with Gasteiger partial charge in [-0.2, -0.15) is 0 Å². The quantitative estimate of drug-likeness (QED) is 0.800. The summed E-state index contributed by atoms with van der Waals surface area (Å²) in [5.41, 5.74) is 0.365. The first-order chi connectivity index (χ1) is 8.08. The molecule has 0 atom stereocenters. The molecule has 1 rings (SSSR count). The SMILES string of the molecule is OCCN(CC(F)F)c1ccc(CO)cc1F. The maximum Gasteiger partial charge on any atom is 0.255 e. The fraction of sp³-hybridized carbons (Fsp3) is 0.455. The number of hydrogen-bond acceptors (Lipinski definition) is 3. The van der Waals surface area contributed by atoms with Crippen LogP contribution in [0.5, 0.6) is 0 Å². The van der Waals surface area contributed by atoms with Crippen molar-refractivity contribution >= 4 is 5.69 Å². The lowest BCUT2D eigenvalue weighted by molar-refractivity contribution is 0.152. The highest BCUT2D eigenvalue weighted by atomic mass is 19.3. The van der Waals surface area contributed by atoms with Gasteiger partial charge in [0.1, 0.15) is 5.82 Å². The second-order valence-corrected chi connectivity index (χ2v) is 3.50. The molecular formula is C11H14F3NO2. The molecule has 2 N–H and O–H groups in total. The van der Waals surface area contributed by atoms with Crippen molar-refractivity contribution in [1.29, 1.82) is 0 Å². The Morgan fingerprint density at radius 3 is 2.41 bits per heavy atom. The first kappa shape index (κ1) is 13.8. The minimum absolute atomic E-state index is 0.00319. The van der Waals surface area contributed by atoms with E-state index in [0.717, 1.165) is 11.0 Å². The van der Waals surface area contributed by atoms with Gasteiger partial charge >= 0.3 is 0 Å². The van der Waals surface area contributed by atoms with E-state index in [2.05, 4.69) is 0 Å². The van der Waals surface area contributed by atoms with E-state index < -0.39 is 18.8 Å². The number of aliphatic hydroxyl groups excluding tert-OH is 2.